The maximum atomic E-state index is 10.3. The Kier molecular flexibility index (Phi) is 12.7. The van der Waals surface area contributed by atoms with Crippen LogP contribution in [0.1, 0.15) is 19.8 Å². The highest BCUT2D eigenvalue weighted by Gasteiger charge is 2.40. The summed E-state index contributed by atoms with van der Waals surface area (Å²) in [5, 5.41) is 63.5. The van der Waals surface area contributed by atoms with Gasteiger partial charge >= 0.3 is 30.0 Å². The molecule has 13 heteroatoms. The summed E-state index contributed by atoms with van der Waals surface area (Å²) in [6, 6.07) is 0. The van der Waals surface area contributed by atoms with Gasteiger partial charge in [-0.1, -0.05) is 0 Å². The van der Waals surface area contributed by atoms with Crippen LogP contribution in [-0.2, 0) is 19.2 Å². The van der Waals surface area contributed by atoms with Gasteiger partial charge in [0, 0.05) is 0 Å². The van der Waals surface area contributed by atoms with Crippen molar-refractivity contribution < 1.29 is 64.8 Å². The Morgan fingerprint density at radius 2 is 1.04 bits per heavy atom. The van der Waals surface area contributed by atoms with Crippen LogP contribution in [0.5, 0.6) is 0 Å². The van der Waals surface area contributed by atoms with Crippen molar-refractivity contribution in [1.29, 1.82) is 0 Å². The smallest absolute Gasteiger partial charge is 0.481 e. The normalized spacial score (nSPS) is 10.7. The molecule has 13 nitrogen and oxygen atoms in total. The third-order valence-corrected chi connectivity index (χ3v) is 1.64. The van der Waals surface area contributed by atoms with Gasteiger partial charge in [-0.15, -0.1) is 0 Å². The topological polar surface area (TPSA) is 247 Å². The minimum absolute atomic E-state index is 1.14. The second kappa shape index (κ2) is 11.7. The summed E-state index contributed by atoms with van der Waals surface area (Å²) >= 11 is 0. The number of rotatable bonds is 6. The maximum absolute atomic E-state index is 10.3. The van der Waals surface area contributed by atoms with Crippen molar-refractivity contribution in [2.24, 2.45) is 0 Å². The Labute approximate surface area is 127 Å². The summed E-state index contributed by atoms with van der Waals surface area (Å²) in [4.78, 5) is 48.5. The molecule has 1 unspecified atom stereocenters. The zero-order valence-corrected chi connectivity index (χ0v) is 11.6. The highest BCUT2D eigenvalue weighted by atomic mass is 16.6. The van der Waals surface area contributed by atoms with Gasteiger partial charge in [-0.25, -0.2) is 14.4 Å². The average Bonchev–Trinajstić information content (AvgIpc) is 2.25. The van der Waals surface area contributed by atoms with Crippen molar-refractivity contribution in [2.45, 2.75) is 31.5 Å². The lowest BCUT2D eigenvalue weighted by molar-refractivity contribution is -0.170. The van der Waals surface area contributed by atoms with Gasteiger partial charge in [0.25, 0.3) is 0 Å². The molecule has 0 saturated carbocycles. The second-order valence-electron chi connectivity index (χ2n) is 3.77. The summed E-state index contributed by atoms with van der Waals surface area (Å²) < 4.78 is 0. The van der Waals surface area contributed by atoms with E-state index in [2.05, 4.69) is 0 Å². The lowest BCUT2D eigenvalue weighted by atomic mass is 9.96. The highest BCUT2D eigenvalue weighted by Crippen LogP contribution is 2.15. The Bertz CT molecular complexity index is 418. The molecule has 0 radical (unpaired) electrons. The van der Waals surface area contributed by atoms with Crippen LogP contribution in [0.2, 0.25) is 0 Å². The van der Waals surface area contributed by atoms with E-state index in [1.54, 1.807) is 0 Å². The van der Waals surface area contributed by atoms with Crippen molar-refractivity contribution in [3.05, 3.63) is 0 Å². The van der Waals surface area contributed by atoms with Crippen LogP contribution in [-0.4, -0.2) is 82.6 Å². The van der Waals surface area contributed by atoms with E-state index in [4.69, 9.17) is 45.6 Å². The number of carboxylic acid groups (broad SMARTS) is 6. The lowest BCUT2D eigenvalue weighted by Crippen LogP contribution is -2.42. The van der Waals surface area contributed by atoms with E-state index in [0.29, 0.717) is 0 Å². The van der Waals surface area contributed by atoms with E-state index in [1.165, 1.54) is 6.92 Å². The fourth-order valence-electron chi connectivity index (χ4n) is 0.714. The molecule has 0 aromatic rings. The van der Waals surface area contributed by atoms with Gasteiger partial charge in [0.1, 0.15) is 6.10 Å². The molecule has 0 aliphatic rings. The van der Waals surface area contributed by atoms with Crippen LogP contribution in [0.25, 0.3) is 0 Å². The van der Waals surface area contributed by atoms with E-state index < -0.39 is 54.6 Å². The van der Waals surface area contributed by atoms with Crippen molar-refractivity contribution in [1.82, 2.24) is 0 Å². The zero-order valence-electron chi connectivity index (χ0n) is 11.6. The predicted molar refractivity (Wildman–Crippen MR) is 67.1 cm³/mol. The number of aliphatic carboxylic acids is 4. The zero-order chi connectivity index (χ0) is 19.4. The van der Waals surface area contributed by atoms with E-state index in [0.717, 1.165) is 0 Å². The first kappa shape index (κ1) is 25.0. The van der Waals surface area contributed by atoms with Gasteiger partial charge in [0.2, 0.25) is 0 Å². The Balaban J connectivity index is -0.000000330. The Hall–Kier alpha value is -2.93. The van der Waals surface area contributed by atoms with Crippen LogP contribution in [0.15, 0.2) is 0 Å². The average molecular weight is 344 g/mol. The van der Waals surface area contributed by atoms with Gasteiger partial charge in [-0.3, -0.25) is 9.59 Å². The first-order chi connectivity index (χ1) is 10.2. The van der Waals surface area contributed by atoms with Gasteiger partial charge in [-0.2, -0.15) is 0 Å². The minimum Gasteiger partial charge on any atom is -0.481 e. The minimum atomic E-state index is -2.74. The Morgan fingerprint density at radius 1 is 0.826 bits per heavy atom. The van der Waals surface area contributed by atoms with Gasteiger partial charge in [0.15, 0.2) is 5.60 Å². The summed E-state index contributed by atoms with van der Waals surface area (Å²) in [5.74, 6) is -6.20. The largest absolute Gasteiger partial charge is 0.503 e. The fourth-order valence-corrected chi connectivity index (χ4v) is 0.714. The van der Waals surface area contributed by atoms with Crippen molar-refractivity contribution in [3.63, 3.8) is 0 Å². The summed E-state index contributed by atoms with van der Waals surface area (Å²) in [5.41, 5.74) is -2.74. The third-order valence-electron chi connectivity index (χ3n) is 1.64. The molecule has 1 atom stereocenters. The molecular formula is C10H16O13. The third kappa shape index (κ3) is 19.1. The van der Waals surface area contributed by atoms with Crippen LogP contribution in [0.4, 0.5) is 4.79 Å². The molecule has 0 bridgehead atoms. The van der Waals surface area contributed by atoms with E-state index >= 15 is 0 Å². The van der Waals surface area contributed by atoms with Crippen LogP contribution in [0, 0.1) is 0 Å². The SMILES string of the molecule is CC(O)C(=O)O.O=C(O)CC(O)(CC(=O)O)C(=O)O.O=C(O)O. The molecule has 0 aromatic carbocycles. The number of aliphatic hydroxyl groups is 2. The van der Waals surface area contributed by atoms with Crippen molar-refractivity contribution in [3.8, 4) is 0 Å². The summed E-state index contributed by atoms with van der Waals surface area (Å²) in [6.45, 7) is 1.20. The standard InChI is InChI=1S/C6H8O7.C3H6O3.CH2O3/c7-3(8)1-6(13,5(11)12)2-4(9)10;1-2(4)3(5)6;2-1(3)4/h13H,1-2H2,(H,7,8)(H,9,10)(H,11,12);2,4H,1H3,(H,5,6);(H2,2,3,4). The molecule has 0 rings (SSSR count). The quantitative estimate of drug-likeness (QED) is 0.271. The highest BCUT2D eigenvalue weighted by molar-refractivity contribution is 5.88. The first-order valence-electron chi connectivity index (χ1n) is 5.37. The Morgan fingerprint density at radius 3 is 1.13 bits per heavy atom. The monoisotopic (exact) mass is 344 g/mol. The summed E-state index contributed by atoms with van der Waals surface area (Å²) in [7, 11) is 0. The maximum Gasteiger partial charge on any atom is 0.503 e. The summed E-state index contributed by atoms with van der Waals surface area (Å²) in [6.07, 6.45) is -5.35. The lowest BCUT2D eigenvalue weighted by Gasteiger charge is -2.18. The number of hydrogen-bond acceptors (Lipinski definition) is 7. The van der Waals surface area contributed by atoms with E-state index in [1.807, 2.05) is 0 Å². The number of aliphatic hydroxyl groups excluding tert-OH is 1. The van der Waals surface area contributed by atoms with Crippen molar-refractivity contribution in [2.75, 3.05) is 0 Å². The van der Waals surface area contributed by atoms with Crippen LogP contribution < -0.4 is 0 Å². The molecule has 8 N–H and O–H groups in total. The number of carboxylic acids is 4. The first-order valence-corrected chi connectivity index (χ1v) is 5.37. The van der Waals surface area contributed by atoms with Gasteiger partial charge in [0.05, 0.1) is 12.8 Å². The van der Waals surface area contributed by atoms with E-state index in [-0.39, 0.29) is 0 Å². The molecule has 23 heavy (non-hydrogen) atoms. The second-order valence-corrected chi connectivity index (χ2v) is 3.77. The van der Waals surface area contributed by atoms with Gasteiger partial charge < -0.3 is 40.9 Å². The molecule has 0 spiro atoms. The molecule has 0 heterocycles. The molecule has 0 saturated heterocycles. The van der Waals surface area contributed by atoms with Crippen molar-refractivity contribution >= 4 is 30.0 Å². The molecule has 0 aromatic heterocycles. The number of carbonyl (C=O) groups is 5. The number of hydrogen-bond donors (Lipinski definition) is 8. The predicted octanol–water partition coefficient (Wildman–Crippen LogP) is -1.57. The molecular weight excluding hydrogens is 328 g/mol. The van der Waals surface area contributed by atoms with E-state index in [9.17, 15) is 19.2 Å². The van der Waals surface area contributed by atoms with Crippen LogP contribution in [0.3, 0.4) is 0 Å². The molecule has 134 valence electrons. The molecule has 0 fully saturated rings. The molecule has 0 aliphatic carbocycles. The van der Waals surface area contributed by atoms with Crippen LogP contribution >= 0.6 is 0 Å². The molecule has 0 aliphatic heterocycles. The molecule has 0 amide bonds. The van der Waals surface area contributed by atoms with Gasteiger partial charge in [-0.05, 0) is 6.92 Å². The fraction of sp³-hybridized carbons (Fsp3) is 0.500.